The van der Waals surface area contributed by atoms with Crippen LogP contribution in [0.4, 0.5) is 11.4 Å². The standard InChI is InChI=1S/C18H19ClN4O5S/c1-21-7-9-22(10-8-21)29(27,28)15-5-6-17(19)16(12-15)18(24)20-13-3-2-4-14(11-13)23(25)26/h2-6,11-12H,7-10H2,1H3,(H,20,24). The van der Waals surface area contributed by atoms with E-state index in [2.05, 4.69) is 5.32 Å². The summed E-state index contributed by atoms with van der Waals surface area (Å²) in [5, 5.41) is 13.5. The van der Waals surface area contributed by atoms with Crippen LogP contribution in [0.2, 0.25) is 5.02 Å². The van der Waals surface area contributed by atoms with Crippen molar-refractivity contribution >= 4 is 38.9 Å². The average molecular weight is 439 g/mol. The highest BCUT2D eigenvalue weighted by Crippen LogP contribution is 2.25. The fourth-order valence-corrected chi connectivity index (χ4v) is 4.56. The molecule has 1 fully saturated rings. The highest BCUT2D eigenvalue weighted by atomic mass is 35.5. The summed E-state index contributed by atoms with van der Waals surface area (Å²) in [6.07, 6.45) is 0. The van der Waals surface area contributed by atoms with Crippen LogP contribution >= 0.6 is 11.6 Å². The molecule has 29 heavy (non-hydrogen) atoms. The lowest BCUT2D eigenvalue weighted by Crippen LogP contribution is -2.47. The van der Waals surface area contributed by atoms with Crippen LogP contribution in [0, 0.1) is 10.1 Å². The van der Waals surface area contributed by atoms with Gasteiger partial charge in [0.05, 0.1) is 20.4 Å². The number of nitro groups is 1. The number of rotatable bonds is 5. The van der Waals surface area contributed by atoms with E-state index in [9.17, 15) is 23.3 Å². The molecule has 1 heterocycles. The number of non-ortho nitro benzene ring substituents is 1. The van der Waals surface area contributed by atoms with Crippen molar-refractivity contribution in [2.45, 2.75) is 4.90 Å². The van der Waals surface area contributed by atoms with E-state index in [1.54, 1.807) is 0 Å². The van der Waals surface area contributed by atoms with Gasteiger partial charge in [0.2, 0.25) is 10.0 Å². The lowest BCUT2D eigenvalue weighted by Gasteiger charge is -2.31. The second-order valence-electron chi connectivity index (χ2n) is 6.61. The Morgan fingerprint density at radius 1 is 1.14 bits per heavy atom. The highest BCUT2D eigenvalue weighted by molar-refractivity contribution is 7.89. The van der Waals surface area contributed by atoms with Crippen molar-refractivity contribution in [3.05, 3.63) is 63.2 Å². The van der Waals surface area contributed by atoms with Gasteiger partial charge in [-0.25, -0.2) is 8.42 Å². The predicted molar refractivity (Wildman–Crippen MR) is 109 cm³/mol. The maximum Gasteiger partial charge on any atom is 0.271 e. The fraction of sp³-hybridized carbons (Fsp3) is 0.278. The molecule has 0 aromatic heterocycles. The van der Waals surface area contributed by atoms with E-state index >= 15 is 0 Å². The average Bonchev–Trinajstić information content (AvgIpc) is 2.68. The summed E-state index contributed by atoms with van der Waals surface area (Å²) in [4.78, 5) is 24.9. The van der Waals surface area contributed by atoms with Crippen LogP contribution in [0.3, 0.4) is 0 Å². The van der Waals surface area contributed by atoms with Crippen LogP contribution in [-0.2, 0) is 10.0 Å². The minimum absolute atomic E-state index is 0.0318. The Balaban J connectivity index is 1.86. The molecule has 1 saturated heterocycles. The van der Waals surface area contributed by atoms with Gasteiger partial charge in [-0.1, -0.05) is 17.7 Å². The number of piperazine rings is 1. The number of benzene rings is 2. The molecule has 0 aliphatic carbocycles. The Bertz CT molecular complexity index is 1050. The summed E-state index contributed by atoms with van der Waals surface area (Å²) >= 11 is 6.11. The number of amides is 1. The molecule has 3 rings (SSSR count). The smallest absolute Gasteiger partial charge is 0.271 e. The quantitative estimate of drug-likeness (QED) is 0.566. The second kappa shape index (κ2) is 8.46. The van der Waals surface area contributed by atoms with Crippen LogP contribution in [0.25, 0.3) is 0 Å². The van der Waals surface area contributed by atoms with Crippen LogP contribution < -0.4 is 5.32 Å². The Kier molecular flexibility index (Phi) is 6.18. The minimum Gasteiger partial charge on any atom is -0.322 e. The molecular weight excluding hydrogens is 420 g/mol. The maximum absolute atomic E-state index is 12.9. The van der Waals surface area contributed by atoms with Crippen molar-refractivity contribution in [2.24, 2.45) is 0 Å². The summed E-state index contributed by atoms with van der Waals surface area (Å²) in [5.74, 6) is -0.661. The first-order valence-corrected chi connectivity index (χ1v) is 10.5. The van der Waals surface area contributed by atoms with Crippen molar-refractivity contribution in [3.8, 4) is 0 Å². The van der Waals surface area contributed by atoms with Crippen molar-refractivity contribution < 1.29 is 18.1 Å². The number of carbonyl (C=O) groups is 1. The first-order chi connectivity index (χ1) is 13.7. The van der Waals surface area contributed by atoms with E-state index in [0.717, 1.165) is 0 Å². The second-order valence-corrected chi connectivity index (χ2v) is 8.96. The molecule has 0 unspecified atom stereocenters. The van der Waals surface area contributed by atoms with Gasteiger partial charge in [-0.15, -0.1) is 0 Å². The van der Waals surface area contributed by atoms with Crippen molar-refractivity contribution in [1.82, 2.24) is 9.21 Å². The van der Waals surface area contributed by atoms with Crippen molar-refractivity contribution in [1.29, 1.82) is 0 Å². The Morgan fingerprint density at radius 2 is 1.83 bits per heavy atom. The maximum atomic E-state index is 12.9. The number of sulfonamides is 1. The van der Waals surface area contributed by atoms with E-state index < -0.39 is 20.9 Å². The molecule has 0 spiro atoms. The summed E-state index contributed by atoms with van der Waals surface area (Å²) in [6, 6.07) is 9.37. The van der Waals surface area contributed by atoms with Crippen LogP contribution in [0.5, 0.6) is 0 Å². The van der Waals surface area contributed by atoms with Gasteiger partial charge in [0, 0.05) is 44.0 Å². The van der Waals surface area contributed by atoms with Gasteiger partial charge in [-0.3, -0.25) is 14.9 Å². The lowest BCUT2D eigenvalue weighted by atomic mass is 10.2. The van der Waals surface area contributed by atoms with Gasteiger partial charge >= 0.3 is 0 Å². The molecular formula is C18H19ClN4O5S. The molecule has 1 aliphatic heterocycles. The molecule has 0 bridgehead atoms. The molecule has 0 atom stereocenters. The molecule has 0 radical (unpaired) electrons. The molecule has 1 amide bonds. The first kappa shape index (κ1) is 21.2. The fourth-order valence-electron chi connectivity index (χ4n) is 2.91. The third-order valence-corrected chi connectivity index (χ3v) is 6.82. The van der Waals surface area contributed by atoms with Crippen LogP contribution in [0.15, 0.2) is 47.4 Å². The number of carbonyl (C=O) groups excluding carboxylic acids is 1. The highest BCUT2D eigenvalue weighted by Gasteiger charge is 2.28. The van der Waals surface area contributed by atoms with Gasteiger partial charge in [-0.2, -0.15) is 4.31 Å². The molecule has 2 aromatic carbocycles. The SMILES string of the molecule is CN1CCN(S(=O)(=O)c2ccc(Cl)c(C(=O)Nc3cccc([N+](=O)[O-])c3)c2)CC1. The predicted octanol–water partition coefficient (Wildman–Crippen LogP) is 2.44. The number of likely N-dealkylation sites (N-methyl/N-ethyl adjacent to an activating group) is 1. The van der Waals surface area contributed by atoms with Gasteiger partial charge in [0.15, 0.2) is 0 Å². The number of halogens is 1. The summed E-state index contributed by atoms with van der Waals surface area (Å²) in [6.45, 7) is 1.95. The van der Waals surface area contributed by atoms with Gasteiger partial charge in [0.1, 0.15) is 0 Å². The van der Waals surface area contributed by atoms with E-state index in [1.165, 1.54) is 46.8 Å². The number of hydrogen-bond acceptors (Lipinski definition) is 6. The zero-order chi connectivity index (χ0) is 21.2. The third kappa shape index (κ3) is 4.73. The van der Waals surface area contributed by atoms with Gasteiger partial charge in [0.25, 0.3) is 11.6 Å². The van der Waals surface area contributed by atoms with Gasteiger partial charge < -0.3 is 10.2 Å². The first-order valence-electron chi connectivity index (χ1n) is 8.72. The molecule has 0 saturated carbocycles. The molecule has 154 valence electrons. The summed E-state index contributed by atoms with van der Waals surface area (Å²) in [7, 11) is -1.85. The largest absolute Gasteiger partial charge is 0.322 e. The van der Waals surface area contributed by atoms with Crippen molar-refractivity contribution in [3.63, 3.8) is 0 Å². The number of nitrogens with zero attached hydrogens (tertiary/aromatic N) is 3. The molecule has 2 aromatic rings. The molecule has 11 heteroatoms. The third-order valence-electron chi connectivity index (χ3n) is 4.60. The summed E-state index contributed by atoms with van der Waals surface area (Å²) < 4.78 is 27.2. The topological polar surface area (TPSA) is 113 Å². The molecule has 1 aliphatic rings. The molecule has 1 N–H and O–H groups in total. The monoisotopic (exact) mass is 438 g/mol. The zero-order valence-electron chi connectivity index (χ0n) is 15.5. The van der Waals surface area contributed by atoms with Gasteiger partial charge in [-0.05, 0) is 31.3 Å². The van der Waals surface area contributed by atoms with Crippen molar-refractivity contribution in [2.75, 3.05) is 38.5 Å². The molecule has 9 nitrogen and oxygen atoms in total. The number of hydrogen-bond donors (Lipinski definition) is 1. The lowest BCUT2D eigenvalue weighted by molar-refractivity contribution is -0.384. The zero-order valence-corrected chi connectivity index (χ0v) is 17.1. The minimum atomic E-state index is -3.77. The van der Waals surface area contributed by atoms with Crippen LogP contribution in [0.1, 0.15) is 10.4 Å². The Hall–Kier alpha value is -2.53. The van der Waals surface area contributed by atoms with E-state index in [4.69, 9.17) is 11.6 Å². The van der Waals surface area contributed by atoms with E-state index in [-0.39, 0.29) is 26.9 Å². The van der Waals surface area contributed by atoms with E-state index in [1.807, 2.05) is 11.9 Å². The van der Waals surface area contributed by atoms with E-state index in [0.29, 0.717) is 26.2 Å². The Labute approximate surface area is 173 Å². The van der Waals surface area contributed by atoms with Crippen LogP contribution in [-0.4, -0.2) is 61.7 Å². The Morgan fingerprint density at radius 3 is 2.48 bits per heavy atom. The normalized spacial score (nSPS) is 15.8. The number of nitrogens with one attached hydrogen (secondary N) is 1. The number of nitro benzene ring substituents is 1. The number of anilines is 1. The summed E-state index contributed by atoms with van der Waals surface area (Å²) in [5.41, 5.74) is -0.0127.